The monoisotopic (exact) mass is 602 g/mol. The first-order valence-electron chi connectivity index (χ1n) is 15.5. The zero-order chi connectivity index (χ0) is 31.3. The third kappa shape index (κ3) is 3.29. The fourth-order valence-corrected chi connectivity index (χ4v) is 11.5. The third-order valence-electron chi connectivity index (χ3n) is 13.5. The van der Waals surface area contributed by atoms with Crippen LogP contribution in [0.1, 0.15) is 61.3 Å². The van der Waals surface area contributed by atoms with E-state index >= 15 is 0 Å². The molecule has 0 bridgehead atoms. The first kappa shape index (κ1) is 29.4. The summed E-state index contributed by atoms with van der Waals surface area (Å²) in [5.74, 6) is -5.98. The maximum atomic E-state index is 14.1. The van der Waals surface area contributed by atoms with Gasteiger partial charge in [0.25, 0.3) is 0 Å². The fourth-order valence-electron chi connectivity index (χ4n) is 11.5. The van der Waals surface area contributed by atoms with E-state index in [-0.39, 0.29) is 30.3 Å². The smallest absolute Gasteiger partial charge is 0.343 e. The van der Waals surface area contributed by atoms with E-state index in [4.69, 9.17) is 18.9 Å². The van der Waals surface area contributed by atoms with Crippen LogP contribution in [0.5, 0.6) is 0 Å². The Labute approximate surface area is 250 Å². The SMILES string of the molecule is CC(=O)O[C@H]1C[C@H]2[C@H]([C@@H]3[C@@H](O)[C@@H]4[C@H]([C@H](C)C=C5OC(=O)[C@@](C)(O)[C@@]54C)[C@]31C)[C@@H](O)C(=O)[C@H]1C[C@@H]3O[C@@H]3[C@H](OC(C)=O)[C@@]12C. The maximum Gasteiger partial charge on any atom is 0.343 e. The van der Waals surface area contributed by atoms with E-state index in [1.54, 1.807) is 6.92 Å². The lowest BCUT2D eigenvalue weighted by Crippen LogP contribution is -2.70. The van der Waals surface area contributed by atoms with Crippen LogP contribution in [0.3, 0.4) is 0 Å². The summed E-state index contributed by atoms with van der Waals surface area (Å²) in [6.45, 7) is 11.6. The first-order valence-corrected chi connectivity index (χ1v) is 15.5. The molecule has 0 aromatic carbocycles. The van der Waals surface area contributed by atoms with Crippen molar-refractivity contribution >= 4 is 23.7 Å². The molecule has 3 N–H and O–H groups in total. The van der Waals surface area contributed by atoms with Crippen LogP contribution in [0.4, 0.5) is 0 Å². The summed E-state index contributed by atoms with van der Waals surface area (Å²) in [6, 6.07) is 0. The molecule has 7 aliphatic rings. The van der Waals surface area contributed by atoms with E-state index in [2.05, 4.69) is 0 Å². The van der Waals surface area contributed by atoms with Gasteiger partial charge in [0.05, 0.1) is 17.6 Å². The number of rotatable bonds is 2. The number of aliphatic hydroxyl groups is 3. The fraction of sp³-hybridized carbons (Fsp3) is 0.812. The van der Waals surface area contributed by atoms with Gasteiger partial charge in [-0.3, -0.25) is 14.4 Å². The van der Waals surface area contributed by atoms with Crippen molar-refractivity contribution in [1.82, 2.24) is 0 Å². The van der Waals surface area contributed by atoms with Crippen molar-refractivity contribution in [2.45, 2.75) is 104 Å². The van der Waals surface area contributed by atoms with Crippen molar-refractivity contribution in [3.05, 3.63) is 11.8 Å². The van der Waals surface area contributed by atoms with Crippen LogP contribution in [-0.2, 0) is 38.1 Å². The van der Waals surface area contributed by atoms with Gasteiger partial charge in [0.15, 0.2) is 11.4 Å². The number of esters is 3. The van der Waals surface area contributed by atoms with Crippen molar-refractivity contribution in [3.8, 4) is 0 Å². The van der Waals surface area contributed by atoms with Crippen molar-refractivity contribution in [2.75, 3.05) is 0 Å². The molecule has 5 aliphatic carbocycles. The molecule has 11 heteroatoms. The Morgan fingerprint density at radius 2 is 1.60 bits per heavy atom. The normalized spacial score (nSPS) is 57.5. The average Bonchev–Trinajstić information content (AvgIpc) is 3.60. The number of ether oxygens (including phenoxy) is 4. The maximum absolute atomic E-state index is 14.1. The van der Waals surface area contributed by atoms with Gasteiger partial charge in [-0.25, -0.2) is 4.79 Å². The van der Waals surface area contributed by atoms with Gasteiger partial charge in [-0.1, -0.05) is 20.8 Å². The largest absolute Gasteiger partial charge is 0.462 e. The minimum Gasteiger partial charge on any atom is -0.462 e. The lowest BCUT2D eigenvalue weighted by atomic mass is 9.42. The molecule has 4 saturated carbocycles. The second-order valence-corrected chi connectivity index (χ2v) is 15.2. The van der Waals surface area contributed by atoms with Gasteiger partial charge < -0.3 is 34.3 Å². The third-order valence-corrected chi connectivity index (χ3v) is 13.5. The lowest BCUT2D eigenvalue weighted by Gasteiger charge is -2.63. The molecule has 2 saturated heterocycles. The van der Waals surface area contributed by atoms with Crippen LogP contribution in [0.15, 0.2) is 11.8 Å². The Balaban J connectivity index is 1.42. The van der Waals surface area contributed by atoms with Crippen molar-refractivity contribution < 1.29 is 53.4 Å². The highest BCUT2D eigenvalue weighted by Crippen LogP contribution is 2.75. The number of ketones is 1. The van der Waals surface area contributed by atoms with Crippen molar-refractivity contribution in [1.29, 1.82) is 0 Å². The van der Waals surface area contributed by atoms with E-state index in [1.165, 1.54) is 20.8 Å². The predicted molar refractivity (Wildman–Crippen MR) is 145 cm³/mol. The van der Waals surface area contributed by atoms with E-state index in [0.717, 1.165) is 0 Å². The summed E-state index contributed by atoms with van der Waals surface area (Å²) in [6.07, 6.45) is -2.28. The van der Waals surface area contributed by atoms with Crippen LogP contribution in [-0.4, -0.2) is 81.2 Å². The number of fused-ring (bicyclic) bond motifs is 10. The van der Waals surface area contributed by atoms with Crippen LogP contribution in [0, 0.1) is 57.7 Å². The van der Waals surface area contributed by atoms with Gasteiger partial charge in [0.2, 0.25) is 0 Å². The van der Waals surface area contributed by atoms with Crippen LogP contribution in [0.2, 0.25) is 0 Å². The van der Waals surface area contributed by atoms with Gasteiger partial charge in [-0.2, -0.15) is 0 Å². The second kappa shape index (κ2) is 8.68. The molecule has 0 amide bonds. The molecule has 0 radical (unpaired) electrons. The summed E-state index contributed by atoms with van der Waals surface area (Å²) < 4.78 is 23.5. The Morgan fingerprint density at radius 3 is 2.23 bits per heavy atom. The van der Waals surface area contributed by atoms with E-state index in [9.17, 15) is 34.5 Å². The first-order chi connectivity index (χ1) is 19.9. The van der Waals surface area contributed by atoms with Crippen LogP contribution < -0.4 is 0 Å². The summed E-state index contributed by atoms with van der Waals surface area (Å²) in [7, 11) is 0. The summed E-state index contributed by atoms with van der Waals surface area (Å²) >= 11 is 0. The van der Waals surface area contributed by atoms with E-state index in [0.29, 0.717) is 12.2 Å². The molecule has 0 aromatic rings. The Hall–Kier alpha value is -2.34. The van der Waals surface area contributed by atoms with E-state index in [1.807, 2.05) is 26.8 Å². The molecule has 7 rings (SSSR count). The number of aliphatic hydroxyl groups excluding tert-OH is 2. The number of Topliss-reactive ketones (excluding diaryl/α,β-unsaturated/α-hetero) is 1. The average molecular weight is 603 g/mol. The van der Waals surface area contributed by atoms with Gasteiger partial charge >= 0.3 is 17.9 Å². The standard InChI is InChI=1S/C32H42O11/c1-11-8-18-31(6,32(7,39)28(38)43-18)22-20(11)30(5)17(40-12(2)33)10-14-19(21(30)25(22)37)24(36)23(35)15-9-16-26(42-16)27(29(14,15)4)41-13(3)34/h8,11,14-17,19-22,24-27,36-37,39H,9-10H2,1-7H3/t11-,14+,15-,16+,17+,19-,20+,21-,22+,24-,25-,26+,27+,29-,30-,31+,32-/m1/s1. The number of carbonyl (C=O) groups is 4. The number of hydrogen-bond donors (Lipinski definition) is 3. The highest BCUT2D eigenvalue weighted by molar-refractivity contribution is 5.88. The van der Waals surface area contributed by atoms with Gasteiger partial charge in [-0.05, 0) is 50.5 Å². The van der Waals surface area contributed by atoms with Crippen molar-refractivity contribution in [3.63, 3.8) is 0 Å². The highest BCUT2D eigenvalue weighted by Gasteiger charge is 2.80. The zero-order valence-electron chi connectivity index (χ0n) is 25.6. The number of carbonyl (C=O) groups excluding carboxylic acids is 4. The van der Waals surface area contributed by atoms with Crippen molar-refractivity contribution in [2.24, 2.45) is 57.7 Å². The topological polar surface area (TPSA) is 169 Å². The number of hydrogen-bond acceptors (Lipinski definition) is 11. The second-order valence-electron chi connectivity index (χ2n) is 15.2. The Morgan fingerprint density at radius 1 is 0.953 bits per heavy atom. The zero-order valence-corrected chi connectivity index (χ0v) is 25.6. The molecule has 17 atom stereocenters. The molecule has 6 fully saturated rings. The van der Waals surface area contributed by atoms with Crippen LogP contribution >= 0.6 is 0 Å². The van der Waals surface area contributed by atoms with Gasteiger partial charge in [-0.15, -0.1) is 0 Å². The Bertz CT molecular complexity index is 1350. The lowest BCUT2D eigenvalue weighted by molar-refractivity contribution is -0.233. The Kier molecular flexibility index (Phi) is 5.93. The summed E-state index contributed by atoms with van der Waals surface area (Å²) in [4.78, 5) is 52.1. The molecule has 0 unspecified atom stereocenters. The minimum absolute atomic E-state index is 0.249. The summed E-state index contributed by atoms with van der Waals surface area (Å²) in [5.41, 5.74) is -5.19. The van der Waals surface area contributed by atoms with Gasteiger partial charge in [0, 0.05) is 48.3 Å². The predicted octanol–water partition coefficient (Wildman–Crippen LogP) is 1.30. The number of epoxide rings is 1. The molecular weight excluding hydrogens is 560 g/mol. The quantitative estimate of drug-likeness (QED) is 0.237. The molecule has 43 heavy (non-hydrogen) atoms. The molecule has 2 aliphatic heterocycles. The molecule has 0 aromatic heterocycles. The van der Waals surface area contributed by atoms with E-state index < -0.39 is 99.7 Å². The molecule has 0 spiro atoms. The molecular formula is C32H42O11. The summed E-state index contributed by atoms with van der Waals surface area (Å²) in [5, 5.41) is 36.0. The van der Waals surface area contributed by atoms with Crippen LogP contribution in [0.25, 0.3) is 0 Å². The van der Waals surface area contributed by atoms with Gasteiger partial charge in [0.1, 0.15) is 30.2 Å². The number of allylic oxidation sites excluding steroid dienone is 1. The molecule has 2 heterocycles. The molecule has 11 nitrogen and oxygen atoms in total. The highest BCUT2D eigenvalue weighted by atomic mass is 16.6. The molecule has 236 valence electrons. The minimum atomic E-state index is -1.96.